The van der Waals surface area contributed by atoms with E-state index in [1.807, 2.05) is 12.2 Å². The molecular formula is C65H100O6. The van der Waals surface area contributed by atoms with Crippen molar-refractivity contribution < 1.29 is 28.6 Å². The molecule has 0 rings (SSSR count). The van der Waals surface area contributed by atoms with Crippen molar-refractivity contribution in [3.05, 3.63) is 158 Å². The van der Waals surface area contributed by atoms with Crippen molar-refractivity contribution in [1.29, 1.82) is 0 Å². The lowest BCUT2D eigenvalue weighted by Crippen LogP contribution is -2.30. The average Bonchev–Trinajstić information content (AvgIpc) is 3.37. The van der Waals surface area contributed by atoms with Gasteiger partial charge in [0.2, 0.25) is 0 Å². The second-order valence-corrected chi connectivity index (χ2v) is 17.7. The van der Waals surface area contributed by atoms with Crippen LogP contribution in [0.4, 0.5) is 0 Å². The summed E-state index contributed by atoms with van der Waals surface area (Å²) >= 11 is 0. The fourth-order valence-electron chi connectivity index (χ4n) is 6.81. The molecule has 6 nitrogen and oxygen atoms in total. The lowest BCUT2D eigenvalue weighted by molar-refractivity contribution is -0.166. The van der Waals surface area contributed by atoms with Crippen LogP contribution < -0.4 is 0 Å². The smallest absolute Gasteiger partial charge is 0.306 e. The minimum Gasteiger partial charge on any atom is -0.462 e. The minimum absolute atomic E-state index is 0.142. The molecule has 0 aromatic heterocycles. The summed E-state index contributed by atoms with van der Waals surface area (Å²) in [6.45, 7) is 6.32. The number of allylic oxidation sites excluding steroid dienone is 26. The van der Waals surface area contributed by atoms with Crippen LogP contribution in [0.1, 0.15) is 213 Å². The van der Waals surface area contributed by atoms with Crippen molar-refractivity contribution in [2.75, 3.05) is 13.2 Å². The molecular weight excluding hydrogens is 877 g/mol. The molecule has 6 heteroatoms. The zero-order valence-corrected chi connectivity index (χ0v) is 45.2. The standard InChI is InChI=1S/C65H100O6/c1-4-7-10-13-16-19-22-25-28-30-32-34-37-40-43-46-49-52-55-58-64(67)70-61-62(60-69-63(66)57-54-51-48-45-42-39-36-27-24-21-18-15-12-9-6-3)71-65(68)59-56-53-50-47-44-41-38-35-33-31-29-26-23-20-17-14-11-8-5-2/h8,11,16-21,25-29,32-36,40-45,49,52,62H,4-7,9-10,12-15,22-24,30-31,37-39,46-48,50-51,53-61H2,1-3H3/b11-8-,19-16-,20-17-,21-18-,28-25-,29-26-,34-32-,35-33-,36-27-,43-40-,44-41-,45-42-,52-49-/t62-/m0/s1. The summed E-state index contributed by atoms with van der Waals surface area (Å²) in [5, 5.41) is 0. The molecule has 0 bridgehead atoms. The predicted molar refractivity (Wildman–Crippen MR) is 306 cm³/mol. The van der Waals surface area contributed by atoms with Crippen molar-refractivity contribution >= 4 is 17.9 Å². The van der Waals surface area contributed by atoms with Crippen molar-refractivity contribution in [1.82, 2.24) is 0 Å². The molecule has 0 aliphatic rings. The van der Waals surface area contributed by atoms with Gasteiger partial charge >= 0.3 is 17.9 Å². The maximum atomic E-state index is 12.8. The highest BCUT2D eigenvalue weighted by molar-refractivity contribution is 5.71. The van der Waals surface area contributed by atoms with Gasteiger partial charge in [0, 0.05) is 19.3 Å². The van der Waals surface area contributed by atoms with E-state index in [9.17, 15) is 14.4 Å². The first-order chi connectivity index (χ1) is 35.0. The summed E-state index contributed by atoms with van der Waals surface area (Å²) in [5.74, 6) is -1.10. The Bertz CT molecular complexity index is 1640. The van der Waals surface area contributed by atoms with Crippen LogP contribution in [0.2, 0.25) is 0 Å². The summed E-state index contributed by atoms with van der Waals surface area (Å²) < 4.78 is 16.7. The number of esters is 3. The molecule has 0 unspecified atom stereocenters. The van der Waals surface area contributed by atoms with E-state index in [1.165, 1.54) is 51.4 Å². The number of carbonyl (C=O) groups excluding carboxylic acids is 3. The van der Waals surface area contributed by atoms with Crippen LogP contribution in [0.5, 0.6) is 0 Å². The molecule has 0 fully saturated rings. The van der Waals surface area contributed by atoms with Crippen LogP contribution >= 0.6 is 0 Å². The van der Waals surface area contributed by atoms with E-state index in [0.29, 0.717) is 19.3 Å². The Morgan fingerprint density at radius 1 is 0.296 bits per heavy atom. The molecule has 0 aromatic rings. The van der Waals surface area contributed by atoms with Gasteiger partial charge in [-0.1, -0.05) is 211 Å². The Morgan fingerprint density at radius 3 is 0.944 bits per heavy atom. The zero-order chi connectivity index (χ0) is 51.4. The van der Waals surface area contributed by atoms with Crippen LogP contribution in [0.15, 0.2) is 158 Å². The van der Waals surface area contributed by atoms with Crippen LogP contribution in [0, 0.1) is 0 Å². The maximum Gasteiger partial charge on any atom is 0.306 e. The number of carbonyl (C=O) groups is 3. The lowest BCUT2D eigenvalue weighted by Gasteiger charge is -2.18. The second kappa shape index (κ2) is 57.6. The average molecular weight is 978 g/mol. The molecule has 0 saturated carbocycles. The van der Waals surface area contributed by atoms with E-state index >= 15 is 0 Å². The number of hydrogen-bond donors (Lipinski definition) is 0. The molecule has 0 saturated heterocycles. The molecule has 0 aliphatic heterocycles. The van der Waals surface area contributed by atoms with E-state index in [4.69, 9.17) is 14.2 Å². The summed E-state index contributed by atoms with van der Waals surface area (Å²) in [7, 11) is 0. The molecule has 1 atom stereocenters. The summed E-state index contributed by atoms with van der Waals surface area (Å²) in [6.07, 6.45) is 83.8. The third kappa shape index (κ3) is 55.8. The largest absolute Gasteiger partial charge is 0.462 e. The molecule has 0 radical (unpaired) electrons. The van der Waals surface area contributed by atoms with E-state index in [-0.39, 0.29) is 50.4 Å². The number of unbranched alkanes of at least 4 members (excludes halogenated alkanes) is 11. The highest BCUT2D eigenvalue weighted by atomic mass is 16.6. The first-order valence-corrected chi connectivity index (χ1v) is 28.0. The molecule has 396 valence electrons. The van der Waals surface area contributed by atoms with Gasteiger partial charge in [0.15, 0.2) is 6.10 Å². The Morgan fingerprint density at radius 2 is 0.577 bits per heavy atom. The first-order valence-electron chi connectivity index (χ1n) is 28.0. The van der Waals surface area contributed by atoms with Crippen LogP contribution in [0.3, 0.4) is 0 Å². The Labute approximate surface area is 435 Å². The van der Waals surface area contributed by atoms with Crippen LogP contribution in [0.25, 0.3) is 0 Å². The fraction of sp³-hybridized carbons (Fsp3) is 0.554. The van der Waals surface area contributed by atoms with E-state index in [0.717, 1.165) is 103 Å². The lowest BCUT2D eigenvalue weighted by atomic mass is 10.1. The van der Waals surface area contributed by atoms with Crippen LogP contribution in [-0.4, -0.2) is 37.2 Å². The SMILES string of the molecule is CC/C=C\C/C=C\C/C=C\C/C=C\C/C=C\CCCCCC(=O)O[C@H](COC(=O)CC/C=C\C/C=C\C/C=C\C/C=C\C/C=C\CCCCC)COC(=O)CCCC/C=C\C/C=C\C/C=C\CCCCC. The van der Waals surface area contributed by atoms with Gasteiger partial charge in [0.1, 0.15) is 13.2 Å². The van der Waals surface area contributed by atoms with Crippen LogP contribution in [-0.2, 0) is 28.6 Å². The third-order valence-electron chi connectivity index (χ3n) is 11.0. The Kier molecular flexibility index (Phi) is 53.6. The maximum absolute atomic E-state index is 12.8. The summed E-state index contributed by atoms with van der Waals surface area (Å²) in [6, 6.07) is 0. The van der Waals surface area contributed by atoms with Crippen molar-refractivity contribution in [2.24, 2.45) is 0 Å². The zero-order valence-electron chi connectivity index (χ0n) is 45.2. The molecule has 71 heavy (non-hydrogen) atoms. The molecule has 0 N–H and O–H groups in total. The number of hydrogen-bond acceptors (Lipinski definition) is 6. The topological polar surface area (TPSA) is 78.9 Å². The molecule has 0 spiro atoms. The molecule has 0 aromatic carbocycles. The van der Waals surface area contributed by atoms with Crippen molar-refractivity contribution in [3.63, 3.8) is 0 Å². The fourth-order valence-corrected chi connectivity index (χ4v) is 6.81. The summed E-state index contributed by atoms with van der Waals surface area (Å²) in [4.78, 5) is 38.1. The van der Waals surface area contributed by atoms with Gasteiger partial charge in [-0.05, 0) is 141 Å². The third-order valence-corrected chi connectivity index (χ3v) is 11.0. The van der Waals surface area contributed by atoms with E-state index < -0.39 is 6.10 Å². The van der Waals surface area contributed by atoms with Gasteiger partial charge in [-0.2, -0.15) is 0 Å². The van der Waals surface area contributed by atoms with Gasteiger partial charge in [-0.25, -0.2) is 0 Å². The normalized spacial score (nSPS) is 13.3. The van der Waals surface area contributed by atoms with E-state index in [1.54, 1.807) is 0 Å². The number of ether oxygens (including phenoxy) is 3. The Hall–Kier alpha value is -4.97. The van der Waals surface area contributed by atoms with Gasteiger partial charge in [0.25, 0.3) is 0 Å². The highest BCUT2D eigenvalue weighted by Gasteiger charge is 2.19. The summed E-state index contributed by atoms with van der Waals surface area (Å²) in [5.41, 5.74) is 0. The second-order valence-electron chi connectivity index (χ2n) is 17.7. The molecule has 0 aliphatic carbocycles. The van der Waals surface area contributed by atoms with Crippen molar-refractivity contribution in [3.8, 4) is 0 Å². The monoisotopic (exact) mass is 977 g/mol. The van der Waals surface area contributed by atoms with E-state index in [2.05, 4.69) is 167 Å². The molecule has 0 heterocycles. The minimum atomic E-state index is -0.850. The van der Waals surface area contributed by atoms with Gasteiger partial charge < -0.3 is 14.2 Å². The molecule has 0 amide bonds. The van der Waals surface area contributed by atoms with Crippen molar-refractivity contribution in [2.45, 2.75) is 219 Å². The highest BCUT2D eigenvalue weighted by Crippen LogP contribution is 2.10. The number of rotatable bonds is 48. The predicted octanol–water partition coefficient (Wildman–Crippen LogP) is 19.0. The Balaban J connectivity index is 4.66. The quantitative estimate of drug-likeness (QED) is 0.0262. The van der Waals surface area contributed by atoms with Gasteiger partial charge in [-0.15, -0.1) is 0 Å². The van der Waals surface area contributed by atoms with Gasteiger partial charge in [-0.3, -0.25) is 14.4 Å². The first kappa shape index (κ1) is 66.0. The van der Waals surface area contributed by atoms with Gasteiger partial charge in [0.05, 0.1) is 0 Å².